The lowest BCUT2D eigenvalue weighted by Gasteiger charge is -2.47. The maximum Gasteiger partial charge on any atom is 0.159 e. The van der Waals surface area contributed by atoms with Gasteiger partial charge in [0.05, 0.1) is 12.8 Å². The molecule has 1 atom stereocenters. The molecule has 0 radical (unpaired) electrons. The van der Waals surface area contributed by atoms with Crippen LogP contribution in [0.25, 0.3) is 0 Å². The smallest absolute Gasteiger partial charge is 0.159 e. The van der Waals surface area contributed by atoms with Gasteiger partial charge < -0.3 is 9.64 Å². The summed E-state index contributed by atoms with van der Waals surface area (Å²) in [4.78, 5) is 18.6. The van der Waals surface area contributed by atoms with Crippen molar-refractivity contribution in [3.63, 3.8) is 0 Å². The molecule has 2 aromatic carbocycles. The van der Waals surface area contributed by atoms with Crippen LogP contribution in [-0.2, 0) is 0 Å². The predicted octanol–water partition coefficient (Wildman–Crippen LogP) is 6.15. The standard InChI is InChI=1S/C25H32N2O2/c1-7-12-27-23-14-24(29-6)20(13-22(23)17(2)15-25(27,4)5)16-26-21-10-8-19(9-11-21)18(3)28/h8-11,13-14,16-17H,7,12,15H2,1-6H3. The Bertz CT molecular complexity index is 913. The molecular formula is C25H32N2O2. The molecule has 1 aliphatic heterocycles. The number of rotatable bonds is 6. The molecular weight excluding hydrogens is 360 g/mol. The highest BCUT2D eigenvalue weighted by Crippen LogP contribution is 2.45. The second-order valence-corrected chi connectivity index (χ2v) is 8.58. The van der Waals surface area contributed by atoms with Gasteiger partial charge in [-0.05, 0) is 75.4 Å². The van der Waals surface area contributed by atoms with Crippen LogP contribution in [0.5, 0.6) is 5.75 Å². The Morgan fingerprint density at radius 1 is 1.28 bits per heavy atom. The van der Waals surface area contributed by atoms with Crippen LogP contribution in [0, 0.1) is 0 Å². The molecule has 0 amide bonds. The summed E-state index contributed by atoms with van der Waals surface area (Å²) in [6, 6.07) is 11.8. The number of aliphatic imine (C=N–C) groups is 1. The van der Waals surface area contributed by atoms with E-state index in [1.54, 1.807) is 14.0 Å². The Hall–Kier alpha value is -2.62. The van der Waals surface area contributed by atoms with Gasteiger partial charge in [0, 0.05) is 41.2 Å². The zero-order valence-corrected chi connectivity index (χ0v) is 18.5. The third-order valence-electron chi connectivity index (χ3n) is 5.81. The van der Waals surface area contributed by atoms with Gasteiger partial charge in [0.2, 0.25) is 0 Å². The van der Waals surface area contributed by atoms with Crippen molar-refractivity contribution in [2.75, 3.05) is 18.6 Å². The molecule has 0 aromatic heterocycles. The van der Waals surface area contributed by atoms with Crippen molar-refractivity contribution < 1.29 is 9.53 Å². The molecule has 1 aliphatic rings. The number of ketones is 1. The average Bonchev–Trinajstić information content (AvgIpc) is 2.69. The molecule has 0 bridgehead atoms. The number of Topliss-reactive ketones (excluding diaryl/α,β-unsaturated/α-hetero) is 1. The van der Waals surface area contributed by atoms with Crippen LogP contribution >= 0.6 is 0 Å². The number of hydrogen-bond donors (Lipinski definition) is 0. The van der Waals surface area contributed by atoms with Gasteiger partial charge in [-0.1, -0.05) is 13.8 Å². The maximum absolute atomic E-state index is 11.4. The highest BCUT2D eigenvalue weighted by Gasteiger charge is 2.36. The Balaban J connectivity index is 1.99. The zero-order chi connectivity index (χ0) is 21.2. The van der Waals surface area contributed by atoms with E-state index in [4.69, 9.17) is 4.74 Å². The van der Waals surface area contributed by atoms with E-state index in [0.29, 0.717) is 11.5 Å². The number of methoxy groups -OCH3 is 1. The van der Waals surface area contributed by atoms with Crippen molar-refractivity contribution >= 4 is 23.4 Å². The van der Waals surface area contributed by atoms with Gasteiger partial charge >= 0.3 is 0 Å². The Morgan fingerprint density at radius 3 is 2.55 bits per heavy atom. The van der Waals surface area contributed by atoms with Crippen LogP contribution < -0.4 is 9.64 Å². The van der Waals surface area contributed by atoms with Crippen LogP contribution in [0.3, 0.4) is 0 Å². The molecule has 4 heteroatoms. The summed E-state index contributed by atoms with van der Waals surface area (Å²) >= 11 is 0. The van der Waals surface area contributed by atoms with Crippen molar-refractivity contribution in [1.82, 2.24) is 0 Å². The number of carbonyl (C=O) groups excluding carboxylic acids is 1. The van der Waals surface area contributed by atoms with Gasteiger partial charge in [-0.3, -0.25) is 9.79 Å². The minimum absolute atomic E-state index is 0.0606. The fourth-order valence-corrected chi connectivity index (χ4v) is 4.38. The van der Waals surface area contributed by atoms with Crippen LogP contribution in [0.4, 0.5) is 11.4 Å². The largest absolute Gasteiger partial charge is 0.496 e. The van der Waals surface area contributed by atoms with E-state index in [1.165, 1.54) is 11.3 Å². The van der Waals surface area contributed by atoms with Gasteiger partial charge in [0.1, 0.15) is 5.75 Å². The molecule has 4 nitrogen and oxygen atoms in total. The third-order valence-corrected chi connectivity index (χ3v) is 5.81. The number of anilines is 1. The molecule has 0 fully saturated rings. The first-order chi connectivity index (χ1) is 13.8. The van der Waals surface area contributed by atoms with Crippen LogP contribution in [0.15, 0.2) is 41.4 Å². The first kappa shape index (κ1) is 21.1. The molecule has 154 valence electrons. The minimum atomic E-state index is 0.0606. The number of fused-ring (bicyclic) bond motifs is 1. The number of hydrogen-bond acceptors (Lipinski definition) is 4. The van der Waals surface area contributed by atoms with Crippen molar-refractivity contribution in [3.8, 4) is 5.75 Å². The lowest BCUT2D eigenvalue weighted by atomic mass is 9.79. The lowest BCUT2D eigenvalue weighted by molar-refractivity contribution is 0.101. The second kappa shape index (κ2) is 8.40. The Labute approximate surface area is 174 Å². The van der Waals surface area contributed by atoms with Crippen molar-refractivity contribution in [2.45, 2.75) is 58.9 Å². The fourth-order valence-electron chi connectivity index (χ4n) is 4.38. The van der Waals surface area contributed by atoms with Gasteiger partial charge in [-0.2, -0.15) is 0 Å². The molecule has 0 saturated carbocycles. The van der Waals surface area contributed by atoms with E-state index in [2.05, 4.69) is 49.7 Å². The van der Waals surface area contributed by atoms with E-state index in [-0.39, 0.29) is 11.3 Å². The monoisotopic (exact) mass is 392 g/mol. The molecule has 29 heavy (non-hydrogen) atoms. The molecule has 0 saturated heterocycles. The summed E-state index contributed by atoms with van der Waals surface area (Å²) in [5.41, 5.74) is 5.24. The minimum Gasteiger partial charge on any atom is -0.496 e. The molecule has 1 heterocycles. The van der Waals surface area contributed by atoms with E-state index < -0.39 is 0 Å². The van der Waals surface area contributed by atoms with Gasteiger partial charge in [-0.25, -0.2) is 0 Å². The SMILES string of the molecule is CCCN1c2cc(OC)c(C=Nc3ccc(C(C)=O)cc3)cc2C(C)CC1(C)C. The number of carbonyl (C=O) groups is 1. The molecule has 0 N–H and O–H groups in total. The summed E-state index contributed by atoms with van der Waals surface area (Å²) in [5, 5.41) is 0. The van der Waals surface area contributed by atoms with Crippen molar-refractivity contribution in [2.24, 2.45) is 4.99 Å². The normalized spacial score (nSPS) is 18.0. The average molecular weight is 393 g/mol. The van der Waals surface area contributed by atoms with E-state index in [0.717, 1.165) is 36.4 Å². The van der Waals surface area contributed by atoms with E-state index in [1.807, 2.05) is 30.5 Å². The second-order valence-electron chi connectivity index (χ2n) is 8.58. The van der Waals surface area contributed by atoms with Crippen molar-refractivity contribution in [3.05, 3.63) is 53.1 Å². The third kappa shape index (κ3) is 4.36. The molecule has 0 spiro atoms. The Kier molecular flexibility index (Phi) is 6.11. The highest BCUT2D eigenvalue weighted by molar-refractivity contribution is 5.94. The number of benzene rings is 2. The topological polar surface area (TPSA) is 41.9 Å². The first-order valence-corrected chi connectivity index (χ1v) is 10.4. The summed E-state index contributed by atoms with van der Waals surface area (Å²) < 4.78 is 5.72. The van der Waals surface area contributed by atoms with Crippen molar-refractivity contribution in [1.29, 1.82) is 0 Å². The summed E-state index contributed by atoms with van der Waals surface area (Å²) in [5.74, 6) is 1.37. The molecule has 1 unspecified atom stereocenters. The molecule has 3 rings (SSSR count). The fraction of sp³-hybridized carbons (Fsp3) is 0.440. The highest BCUT2D eigenvalue weighted by atomic mass is 16.5. The van der Waals surface area contributed by atoms with Gasteiger partial charge in [0.15, 0.2) is 5.78 Å². The first-order valence-electron chi connectivity index (χ1n) is 10.4. The quantitative estimate of drug-likeness (QED) is 0.437. The van der Waals surface area contributed by atoms with Crippen LogP contribution in [0.1, 0.15) is 74.9 Å². The van der Waals surface area contributed by atoms with Crippen LogP contribution in [0.2, 0.25) is 0 Å². The zero-order valence-electron chi connectivity index (χ0n) is 18.5. The summed E-state index contributed by atoms with van der Waals surface area (Å²) in [7, 11) is 1.71. The summed E-state index contributed by atoms with van der Waals surface area (Å²) in [6.07, 6.45) is 4.09. The Morgan fingerprint density at radius 2 is 1.97 bits per heavy atom. The lowest BCUT2D eigenvalue weighted by Crippen LogP contribution is -2.48. The molecule has 0 aliphatic carbocycles. The van der Waals surface area contributed by atoms with Crippen LogP contribution in [-0.4, -0.2) is 31.2 Å². The van der Waals surface area contributed by atoms with E-state index in [9.17, 15) is 4.79 Å². The summed E-state index contributed by atoms with van der Waals surface area (Å²) in [6.45, 7) is 11.8. The van der Waals surface area contributed by atoms with Gasteiger partial charge in [0.25, 0.3) is 0 Å². The van der Waals surface area contributed by atoms with Gasteiger partial charge in [-0.15, -0.1) is 0 Å². The molecule has 2 aromatic rings. The maximum atomic E-state index is 11.4. The van der Waals surface area contributed by atoms with E-state index >= 15 is 0 Å². The number of ether oxygens (including phenoxy) is 1. The number of nitrogens with zero attached hydrogens (tertiary/aromatic N) is 2. The predicted molar refractivity (Wildman–Crippen MR) is 121 cm³/mol.